The zero-order valence-electron chi connectivity index (χ0n) is 14.6. The molecule has 0 unspecified atom stereocenters. The van der Waals surface area contributed by atoms with Gasteiger partial charge in [0.05, 0.1) is 0 Å². The number of aliphatic imine (C=N–C) groups is 1. The highest BCUT2D eigenvalue weighted by Gasteiger charge is 2.05. The zero-order valence-corrected chi connectivity index (χ0v) is 16.1. The molecule has 0 heterocycles. The van der Waals surface area contributed by atoms with E-state index in [1.54, 1.807) is 25.2 Å². The van der Waals surface area contributed by atoms with E-state index in [0.717, 1.165) is 16.5 Å². The van der Waals surface area contributed by atoms with E-state index in [1.165, 1.54) is 12.1 Å². The molecule has 0 saturated heterocycles. The molecule has 0 bridgehead atoms. The molecule has 5 nitrogen and oxygen atoms in total. The van der Waals surface area contributed by atoms with Gasteiger partial charge in [0, 0.05) is 36.7 Å². The molecule has 1 amide bonds. The van der Waals surface area contributed by atoms with Crippen molar-refractivity contribution in [2.24, 2.45) is 4.99 Å². The molecule has 3 N–H and O–H groups in total. The van der Waals surface area contributed by atoms with Crippen molar-refractivity contribution < 1.29 is 9.18 Å². The SMILES string of the molecule is CN=C(NCCCNC(=O)c1cccc(Br)c1)NCc1cccc(F)c1. The van der Waals surface area contributed by atoms with E-state index in [2.05, 4.69) is 36.9 Å². The highest BCUT2D eigenvalue weighted by atomic mass is 79.9. The number of amides is 1. The van der Waals surface area contributed by atoms with Gasteiger partial charge in [0.2, 0.25) is 0 Å². The minimum Gasteiger partial charge on any atom is -0.356 e. The molecule has 0 fully saturated rings. The number of nitrogens with one attached hydrogen (secondary N) is 3. The Hall–Kier alpha value is -2.41. The van der Waals surface area contributed by atoms with Crippen LogP contribution in [0.1, 0.15) is 22.3 Å². The molecule has 2 aromatic carbocycles. The van der Waals surface area contributed by atoms with Crippen LogP contribution in [-0.4, -0.2) is 32.0 Å². The minimum atomic E-state index is -0.256. The Bertz CT molecular complexity index is 767. The van der Waals surface area contributed by atoms with Crippen LogP contribution >= 0.6 is 15.9 Å². The summed E-state index contributed by atoms with van der Waals surface area (Å²) in [5.41, 5.74) is 1.47. The van der Waals surface area contributed by atoms with Crippen LogP contribution in [0.4, 0.5) is 4.39 Å². The van der Waals surface area contributed by atoms with Gasteiger partial charge in [0.25, 0.3) is 5.91 Å². The van der Waals surface area contributed by atoms with Gasteiger partial charge >= 0.3 is 0 Å². The normalized spacial score (nSPS) is 11.1. The third kappa shape index (κ3) is 6.84. The predicted molar refractivity (Wildman–Crippen MR) is 106 cm³/mol. The summed E-state index contributed by atoms with van der Waals surface area (Å²) in [7, 11) is 1.68. The fraction of sp³-hybridized carbons (Fsp3) is 0.263. The second-order valence-electron chi connectivity index (χ2n) is 5.60. The Morgan fingerprint density at radius 2 is 1.85 bits per heavy atom. The van der Waals surface area contributed by atoms with Crippen LogP contribution in [0.25, 0.3) is 0 Å². The maximum atomic E-state index is 13.2. The summed E-state index contributed by atoms with van der Waals surface area (Å²) in [6, 6.07) is 13.7. The van der Waals surface area contributed by atoms with Gasteiger partial charge in [-0.15, -0.1) is 0 Å². The summed E-state index contributed by atoms with van der Waals surface area (Å²) >= 11 is 3.35. The maximum Gasteiger partial charge on any atom is 0.251 e. The molecular formula is C19H22BrFN4O. The summed E-state index contributed by atoms with van der Waals surface area (Å²) < 4.78 is 14.0. The van der Waals surface area contributed by atoms with Gasteiger partial charge in [0.1, 0.15) is 5.82 Å². The molecule has 0 atom stereocenters. The van der Waals surface area contributed by atoms with E-state index >= 15 is 0 Å². The van der Waals surface area contributed by atoms with Crippen LogP contribution in [0.3, 0.4) is 0 Å². The third-order valence-electron chi connectivity index (χ3n) is 3.59. The van der Waals surface area contributed by atoms with Crippen molar-refractivity contribution in [3.63, 3.8) is 0 Å². The maximum absolute atomic E-state index is 13.2. The molecule has 0 radical (unpaired) electrons. The second-order valence-corrected chi connectivity index (χ2v) is 6.52. The largest absolute Gasteiger partial charge is 0.356 e. The quantitative estimate of drug-likeness (QED) is 0.366. The lowest BCUT2D eigenvalue weighted by Crippen LogP contribution is -2.38. The van der Waals surface area contributed by atoms with Gasteiger partial charge < -0.3 is 16.0 Å². The number of halogens is 2. The first-order chi connectivity index (χ1) is 12.6. The Balaban J connectivity index is 1.65. The van der Waals surface area contributed by atoms with E-state index in [9.17, 15) is 9.18 Å². The highest BCUT2D eigenvalue weighted by Crippen LogP contribution is 2.11. The van der Waals surface area contributed by atoms with Crippen molar-refractivity contribution >= 4 is 27.8 Å². The van der Waals surface area contributed by atoms with Crippen LogP contribution in [0.15, 0.2) is 58.0 Å². The molecular weight excluding hydrogens is 399 g/mol. The average molecular weight is 421 g/mol. The lowest BCUT2D eigenvalue weighted by molar-refractivity contribution is 0.0953. The van der Waals surface area contributed by atoms with E-state index < -0.39 is 0 Å². The topological polar surface area (TPSA) is 65.5 Å². The van der Waals surface area contributed by atoms with Gasteiger partial charge in [-0.2, -0.15) is 0 Å². The van der Waals surface area contributed by atoms with Crippen LogP contribution in [0.2, 0.25) is 0 Å². The van der Waals surface area contributed by atoms with Crippen LogP contribution in [-0.2, 0) is 6.54 Å². The van der Waals surface area contributed by atoms with Crippen molar-refractivity contribution in [1.29, 1.82) is 0 Å². The fourth-order valence-corrected chi connectivity index (χ4v) is 2.68. The average Bonchev–Trinajstić information content (AvgIpc) is 2.64. The number of nitrogens with zero attached hydrogens (tertiary/aromatic N) is 1. The molecule has 0 aliphatic rings. The summed E-state index contributed by atoms with van der Waals surface area (Å²) in [5.74, 6) is 0.279. The third-order valence-corrected chi connectivity index (χ3v) is 4.08. The van der Waals surface area contributed by atoms with E-state index in [1.807, 2.05) is 18.2 Å². The highest BCUT2D eigenvalue weighted by molar-refractivity contribution is 9.10. The number of carbonyl (C=O) groups is 1. The van der Waals surface area contributed by atoms with E-state index in [0.29, 0.717) is 31.2 Å². The van der Waals surface area contributed by atoms with Gasteiger partial charge in [-0.3, -0.25) is 9.79 Å². The molecule has 26 heavy (non-hydrogen) atoms. The zero-order chi connectivity index (χ0) is 18.8. The van der Waals surface area contributed by atoms with E-state index in [4.69, 9.17) is 0 Å². The van der Waals surface area contributed by atoms with Crippen LogP contribution in [0.5, 0.6) is 0 Å². The van der Waals surface area contributed by atoms with Crippen molar-refractivity contribution in [2.75, 3.05) is 20.1 Å². The Morgan fingerprint density at radius 3 is 2.58 bits per heavy atom. The van der Waals surface area contributed by atoms with Crippen molar-refractivity contribution in [1.82, 2.24) is 16.0 Å². The van der Waals surface area contributed by atoms with Crippen molar-refractivity contribution in [2.45, 2.75) is 13.0 Å². The first-order valence-electron chi connectivity index (χ1n) is 8.31. The predicted octanol–water partition coefficient (Wildman–Crippen LogP) is 3.07. The molecule has 2 aromatic rings. The Morgan fingerprint density at radius 1 is 1.08 bits per heavy atom. The molecule has 2 rings (SSSR count). The first kappa shape index (κ1) is 19.9. The van der Waals surface area contributed by atoms with Crippen LogP contribution < -0.4 is 16.0 Å². The van der Waals surface area contributed by atoms with Crippen molar-refractivity contribution in [3.05, 3.63) is 69.9 Å². The Labute approximate surface area is 161 Å². The minimum absolute atomic E-state index is 0.0973. The fourth-order valence-electron chi connectivity index (χ4n) is 2.28. The summed E-state index contributed by atoms with van der Waals surface area (Å²) in [4.78, 5) is 16.1. The molecule has 0 spiro atoms. The van der Waals surface area contributed by atoms with Crippen LogP contribution in [0, 0.1) is 5.82 Å². The van der Waals surface area contributed by atoms with Gasteiger partial charge in [0.15, 0.2) is 5.96 Å². The van der Waals surface area contributed by atoms with Gasteiger partial charge in [-0.1, -0.05) is 34.1 Å². The number of guanidine groups is 1. The summed E-state index contributed by atoms with van der Waals surface area (Å²) in [6.07, 6.45) is 0.750. The lowest BCUT2D eigenvalue weighted by Gasteiger charge is -2.12. The summed E-state index contributed by atoms with van der Waals surface area (Å²) in [5, 5.41) is 9.17. The van der Waals surface area contributed by atoms with E-state index in [-0.39, 0.29) is 11.7 Å². The molecule has 0 aliphatic heterocycles. The number of hydrogen-bond donors (Lipinski definition) is 3. The Kier molecular flexibility index (Phi) is 8.08. The number of hydrogen-bond acceptors (Lipinski definition) is 2. The molecule has 138 valence electrons. The smallest absolute Gasteiger partial charge is 0.251 e. The first-order valence-corrected chi connectivity index (χ1v) is 9.10. The molecule has 7 heteroatoms. The van der Waals surface area contributed by atoms with Gasteiger partial charge in [-0.25, -0.2) is 4.39 Å². The van der Waals surface area contributed by atoms with Crippen molar-refractivity contribution in [3.8, 4) is 0 Å². The lowest BCUT2D eigenvalue weighted by atomic mass is 10.2. The molecule has 0 aliphatic carbocycles. The number of carbonyl (C=O) groups excluding carboxylic acids is 1. The molecule has 0 aromatic heterocycles. The van der Waals surface area contributed by atoms with Gasteiger partial charge in [-0.05, 0) is 42.3 Å². The molecule has 0 saturated carbocycles. The number of benzene rings is 2. The monoisotopic (exact) mass is 420 g/mol. The summed E-state index contributed by atoms with van der Waals surface area (Å²) in [6.45, 7) is 1.69. The standard InChI is InChI=1S/C19H22BrFN4O/c1-22-19(25-13-14-5-2-8-17(21)11-14)24-10-4-9-23-18(26)15-6-3-7-16(20)12-15/h2-3,5-8,11-12H,4,9-10,13H2,1H3,(H,23,26)(H2,22,24,25). The second kappa shape index (κ2) is 10.6. The number of rotatable bonds is 7.